The number of ether oxygens (including phenoxy) is 1. The fourth-order valence-corrected chi connectivity index (χ4v) is 3.03. The fraction of sp³-hybridized carbons (Fsp3) is 0.400. The van der Waals surface area contributed by atoms with Crippen LogP contribution < -0.4 is 0 Å². The number of benzene rings is 1. The van der Waals surface area contributed by atoms with Gasteiger partial charge in [-0.3, -0.25) is 14.7 Å². The van der Waals surface area contributed by atoms with E-state index in [1.807, 2.05) is 25.1 Å². The molecule has 1 amide bonds. The number of aromatic nitrogens is 1. The average molecular weight is 357 g/mol. The molecule has 1 aliphatic heterocycles. The van der Waals surface area contributed by atoms with Gasteiger partial charge in [0.25, 0.3) is 5.91 Å². The third-order valence-electron chi connectivity index (χ3n) is 4.45. The zero-order valence-corrected chi connectivity index (χ0v) is 15.0. The van der Waals surface area contributed by atoms with Crippen LogP contribution in [0.5, 0.6) is 0 Å². The first-order valence-corrected chi connectivity index (χ1v) is 8.89. The summed E-state index contributed by atoms with van der Waals surface area (Å²) < 4.78 is 18.9. The molecule has 1 aromatic heterocycles. The van der Waals surface area contributed by atoms with Crippen LogP contribution in [0.25, 0.3) is 0 Å². The first-order chi connectivity index (χ1) is 12.6. The zero-order chi connectivity index (χ0) is 18.4. The van der Waals surface area contributed by atoms with Crippen molar-refractivity contribution in [3.8, 4) is 0 Å². The maximum Gasteiger partial charge on any atom is 0.254 e. The summed E-state index contributed by atoms with van der Waals surface area (Å²) in [6.07, 6.45) is 0. The maximum atomic E-state index is 13.5. The molecule has 0 spiro atoms. The van der Waals surface area contributed by atoms with Gasteiger partial charge >= 0.3 is 0 Å². The lowest BCUT2D eigenvalue weighted by Crippen LogP contribution is -2.43. The summed E-state index contributed by atoms with van der Waals surface area (Å²) in [5.41, 5.74) is 2.10. The second-order valence-electron chi connectivity index (χ2n) is 6.46. The number of nitrogens with zero attached hydrogens (tertiary/aromatic N) is 3. The van der Waals surface area contributed by atoms with Gasteiger partial charge in [0.15, 0.2) is 0 Å². The molecular weight excluding hydrogens is 333 g/mol. The lowest BCUT2D eigenvalue weighted by molar-refractivity contribution is 0.0319. The number of pyridine rings is 1. The molecule has 1 fully saturated rings. The van der Waals surface area contributed by atoms with Crippen molar-refractivity contribution in [3.05, 3.63) is 65.2 Å². The number of morpholine rings is 1. The van der Waals surface area contributed by atoms with Crippen molar-refractivity contribution in [1.82, 2.24) is 14.8 Å². The maximum absolute atomic E-state index is 13.5. The molecule has 1 aromatic carbocycles. The number of hydrogen-bond acceptors (Lipinski definition) is 4. The molecule has 5 nitrogen and oxygen atoms in total. The van der Waals surface area contributed by atoms with Crippen LogP contribution in [0.15, 0.2) is 42.5 Å². The Morgan fingerprint density at radius 3 is 2.73 bits per heavy atom. The minimum absolute atomic E-state index is 0.180. The van der Waals surface area contributed by atoms with E-state index in [0.29, 0.717) is 18.7 Å². The van der Waals surface area contributed by atoms with Crippen LogP contribution >= 0.6 is 0 Å². The van der Waals surface area contributed by atoms with Crippen LogP contribution in [0.2, 0.25) is 0 Å². The molecule has 0 unspecified atom stereocenters. The van der Waals surface area contributed by atoms with E-state index in [9.17, 15) is 9.18 Å². The highest BCUT2D eigenvalue weighted by atomic mass is 19.1. The molecule has 0 radical (unpaired) electrons. The topological polar surface area (TPSA) is 45.7 Å². The van der Waals surface area contributed by atoms with Gasteiger partial charge in [0.05, 0.1) is 25.5 Å². The Labute approximate surface area is 153 Å². The van der Waals surface area contributed by atoms with Crippen LogP contribution in [0.3, 0.4) is 0 Å². The summed E-state index contributed by atoms with van der Waals surface area (Å²) >= 11 is 0. The number of amides is 1. The van der Waals surface area contributed by atoms with Gasteiger partial charge < -0.3 is 9.64 Å². The van der Waals surface area contributed by atoms with E-state index in [-0.39, 0.29) is 5.91 Å². The van der Waals surface area contributed by atoms with Crippen molar-refractivity contribution in [2.75, 3.05) is 39.4 Å². The number of aryl methyl sites for hydroxylation is 1. The number of carbonyl (C=O) groups excluding carboxylic acids is 1. The first-order valence-electron chi connectivity index (χ1n) is 8.89. The highest BCUT2D eigenvalue weighted by Crippen LogP contribution is 2.12. The van der Waals surface area contributed by atoms with Crippen molar-refractivity contribution >= 4 is 5.91 Å². The Kier molecular flexibility index (Phi) is 6.30. The van der Waals surface area contributed by atoms with Gasteiger partial charge in [-0.2, -0.15) is 0 Å². The van der Waals surface area contributed by atoms with E-state index >= 15 is 0 Å². The molecule has 138 valence electrons. The number of carbonyl (C=O) groups is 1. The Bertz CT molecular complexity index is 747. The third kappa shape index (κ3) is 5.09. The summed E-state index contributed by atoms with van der Waals surface area (Å²) in [5, 5.41) is 0. The van der Waals surface area contributed by atoms with Crippen LogP contribution in [0, 0.1) is 12.7 Å². The standard InChI is InChI=1S/C20H24FN3O2/c1-16-4-2-7-19(22-16)15-24(9-8-23-10-12-26-13-11-23)20(25)17-5-3-6-18(21)14-17/h2-7,14H,8-13,15H2,1H3. The Hall–Kier alpha value is -2.31. The van der Waals surface area contributed by atoms with E-state index in [0.717, 1.165) is 44.2 Å². The fourth-order valence-electron chi connectivity index (χ4n) is 3.03. The molecule has 2 heterocycles. The molecule has 0 atom stereocenters. The van der Waals surface area contributed by atoms with Gasteiger partial charge in [0, 0.05) is 37.4 Å². The predicted molar refractivity (Wildman–Crippen MR) is 97.4 cm³/mol. The van der Waals surface area contributed by atoms with Crippen molar-refractivity contribution in [2.24, 2.45) is 0 Å². The Morgan fingerprint density at radius 1 is 1.23 bits per heavy atom. The Morgan fingerprint density at radius 2 is 2.00 bits per heavy atom. The number of halogens is 1. The molecule has 0 saturated carbocycles. The lowest BCUT2D eigenvalue weighted by atomic mass is 10.2. The molecule has 1 aliphatic rings. The largest absolute Gasteiger partial charge is 0.379 e. The second-order valence-corrected chi connectivity index (χ2v) is 6.46. The van der Waals surface area contributed by atoms with E-state index in [1.54, 1.807) is 17.0 Å². The molecule has 0 aliphatic carbocycles. The number of rotatable bonds is 6. The van der Waals surface area contributed by atoms with Gasteiger partial charge in [0.2, 0.25) is 0 Å². The van der Waals surface area contributed by atoms with E-state index in [4.69, 9.17) is 4.74 Å². The zero-order valence-electron chi connectivity index (χ0n) is 15.0. The van der Waals surface area contributed by atoms with Crippen molar-refractivity contribution in [2.45, 2.75) is 13.5 Å². The van der Waals surface area contributed by atoms with E-state index in [2.05, 4.69) is 9.88 Å². The smallest absolute Gasteiger partial charge is 0.254 e. The first kappa shape index (κ1) is 18.5. The highest BCUT2D eigenvalue weighted by Gasteiger charge is 2.19. The molecule has 1 saturated heterocycles. The lowest BCUT2D eigenvalue weighted by Gasteiger charge is -2.30. The molecule has 0 N–H and O–H groups in total. The normalized spacial score (nSPS) is 15.0. The molecular formula is C20H24FN3O2. The van der Waals surface area contributed by atoms with Gasteiger partial charge in [-0.05, 0) is 37.3 Å². The minimum atomic E-state index is -0.405. The van der Waals surface area contributed by atoms with Gasteiger partial charge in [-0.1, -0.05) is 12.1 Å². The molecule has 3 rings (SSSR count). The van der Waals surface area contributed by atoms with E-state index in [1.165, 1.54) is 12.1 Å². The Balaban J connectivity index is 1.74. The van der Waals surface area contributed by atoms with Gasteiger partial charge in [0.1, 0.15) is 5.82 Å². The number of hydrogen-bond donors (Lipinski definition) is 0. The summed E-state index contributed by atoms with van der Waals surface area (Å²) in [5.74, 6) is -0.585. The van der Waals surface area contributed by atoms with Crippen LogP contribution in [0.1, 0.15) is 21.7 Å². The van der Waals surface area contributed by atoms with Gasteiger partial charge in [-0.15, -0.1) is 0 Å². The predicted octanol–water partition coefficient (Wildman–Crippen LogP) is 2.50. The molecule has 26 heavy (non-hydrogen) atoms. The SMILES string of the molecule is Cc1cccc(CN(CCN2CCOCC2)C(=O)c2cccc(F)c2)n1. The van der Waals surface area contributed by atoms with Crippen molar-refractivity contribution < 1.29 is 13.9 Å². The summed E-state index contributed by atoms with van der Waals surface area (Å²) in [4.78, 5) is 21.5. The van der Waals surface area contributed by atoms with Crippen LogP contribution in [-0.4, -0.2) is 60.1 Å². The molecule has 2 aromatic rings. The summed E-state index contributed by atoms with van der Waals surface area (Å²) in [6.45, 7) is 6.82. The summed E-state index contributed by atoms with van der Waals surface area (Å²) in [7, 11) is 0. The monoisotopic (exact) mass is 357 g/mol. The van der Waals surface area contributed by atoms with Crippen LogP contribution in [-0.2, 0) is 11.3 Å². The van der Waals surface area contributed by atoms with Crippen molar-refractivity contribution in [1.29, 1.82) is 0 Å². The minimum Gasteiger partial charge on any atom is -0.379 e. The van der Waals surface area contributed by atoms with E-state index < -0.39 is 5.82 Å². The molecule has 0 bridgehead atoms. The second kappa shape index (κ2) is 8.87. The third-order valence-corrected chi connectivity index (χ3v) is 4.45. The van der Waals surface area contributed by atoms with Gasteiger partial charge in [-0.25, -0.2) is 4.39 Å². The highest BCUT2D eigenvalue weighted by molar-refractivity contribution is 5.94. The quantitative estimate of drug-likeness (QED) is 0.797. The van der Waals surface area contributed by atoms with Crippen molar-refractivity contribution in [3.63, 3.8) is 0 Å². The van der Waals surface area contributed by atoms with Crippen LogP contribution in [0.4, 0.5) is 4.39 Å². The average Bonchev–Trinajstić information content (AvgIpc) is 2.65. The summed E-state index contributed by atoms with van der Waals surface area (Å²) in [6, 6.07) is 11.6. The molecule has 6 heteroatoms.